The van der Waals surface area contributed by atoms with Crippen LogP contribution >= 0.6 is 0 Å². The van der Waals surface area contributed by atoms with E-state index in [-0.39, 0.29) is 24.2 Å². The highest BCUT2D eigenvalue weighted by Crippen LogP contribution is 2.25. The lowest BCUT2D eigenvalue weighted by atomic mass is 10.2. The molecule has 2 amide bonds. The van der Waals surface area contributed by atoms with Gasteiger partial charge in [0.1, 0.15) is 18.2 Å². The highest BCUT2D eigenvalue weighted by Gasteiger charge is 2.15. The number of carbonyl (C=O) groups excluding carboxylic acids is 2. The molecule has 4 aromatic rings. The molecule has 1 aromatic heterocycles. The summed E-state index contributed by atoms with van der Waals surface area (Å²) >= 11 is 0. The fourth-order valence-electron chi connectivity index (χ4n) is 3.32. The van der Waals surface area contributed by atoms with E-state index in [0.717, 1.165) is 16.6 Å². The molecule has 1 heterocycles. The van der Waals surface area contributed by atoms with Crippen LogP contribution in [0, 0.1) is 5.82 Å². The highest BCUT2D eigenvalue weighted by molar-refractivity contribution is 5.95. The van der Waals surface area contributed by atoms with Gasteiger partial charge in [0.15, 0.2) is 0 Å². The Labute approximate surface area is 178 Å². The molecule has 0 spiro atoms. The number of halogens is 1. The van der Waals surface area contributed by atoms with E-state index in [1.165, 1.54) is 12.1 Å². The van der Waals surface area contributed by atoms with Crippen molar-refractivity contribution in [1.82, 2.24) is 9.55 Å². The van der Waals surface area contributed by atoms with Crippen LogP contribution in [0.5, 0.6) is 0 Å². The maximum atomic E-state index is 13.4. The maximum Gasteiger partial charge on any atom is 0.244 e. The zero-order chi connectivity index (χ0) is 21.8. The van der Waals surface area contributed by atoms with Gasteiger partial charge in [-0.1, -0.05) is 25.1 Å². The summed E-state index contributed by atoms with van der Waals surface area (Å²) in [6.45, 7) is 1.80. The number of carbonyl (C=O) groups is 2. The van der Waals surface area contributed by atoms with Gasteiger partial charge < -0.3 is 15.2 Å². The summed E-state index contributed by atoms with van der Waals surface area (Å²) in [6.07, 6.45) is 0.371. The number of aromatic nitrogens is 2. The van der Waals surface area contributed by atoms with E-state index in [1.807, 2.05) is 24.3 Å². The van der Waals surface area contributed by atoms with Crippen LogP contribution in [0.3, 0.4) is 0 Å². The van der Waals surface area contributed by atoms with E-state index < -0.39 is 0 Å². The summed E-state index contributed by atoms with van der Waals surface area (Å²) in [4.78, 5) is 29.1. The number of nitrogens with zero attached hydrogens (tertiary/aromatic N) is 2. The molecule has 3 aromatic carbocycles. The lowest BCUT2D eigenvalue weighted by Gasteiger charge is -2.11. The highest BCUT2D eigenvalue weighted by atomic mass is 19.1. The van der Waals surface area contributed by atoms with Crippen LogP contribution in [-0.4, -0.2) is 21.4 Å². The molecule has 4 rings (SSSR count). The third-order valence-electron chi connectivity index (χ3n) is 4.81. The molecule has 7 heteroatoms. The van der Waals surface area contributed by atoms with E-state index >= 15 is 0 Å². The lowest BCUT2D eigenvalue weighted by Crippen LogP contribution is -2.19. The first-order valence-electron chi connectivity index (χ1n) is 9.94. The lowest BCUT2D eigenvalue weighted by molar-refractivity contribution is -0.117. The van der Waals surface area contributed by atoms with Crippen LogP contribution in [0.2, 0.25) is 0 Å². The Morgan fingerprint density at radius 3 is 2.29 bits per heavy atom. The van der Waals surface area contributed by atoms with E-state index in [0.29, 0.717) is 23.6 Å². The third-order valence-corrected chi connectivity index (χ3v) is 4.81. The summed E-state index contributed by atoms with van der Waals surface area (Å²) in [7, 11) is 0. The average molecular weight is 416 g/mol. The quantitative estimate of drug-likeness (QED) is 0.473. The van der Waals surface area contributed by atoms with Gasteiger partial charge >= 0.3 is 0 Å². The first kappa shape index (κ1) is 20.3. The van der Waals surface area contributed by atoms with Crippen LogP contribution in [-0.2, 0) is 16.1 Å². The van der Waals surface area contributed by atoms with Crippen molar-refractivity contribution in [3.05, 3.63) is 78.6 Å². The van der Waals surface area contributed by atoms with Gasteiger partial charge in [0.05, 0.1) is 11.0 Å². The number of anilines is 2. The predicted molar refractivity (Wildman–Crippen MR) is 119 cm³/mol. The van der Waals surface area contributed by atoms with Gasteiger partial charge in [-0.15, -0.1) is 0 Å². The minimum absolute atomic E-state index is 0.0266. The van der Waals surface area contributed by atoms with E-state index in [4.69, 9.17) is 0 Å². The number of para-hydroxylation sites is 2. The molecule has 0 aliphatic rings. The largest absolute Gasteiger partial charge is 0.326 e. The summed E-state index contributed by atoms with van der Waals surface area (Å²) in [5, 5.41) is 5.64. The molecule has 6 nitrogen and oxygen atoms in total. The van der Waals surface area contributed by atoms with Crippen molar-refractivity contribution in [3.8, 4) is 11.4 Å². The molecule has 0 unspecified atom stereocenters. The number of rotatable bonds is 6. The normalized spacial score (nSPS) is 10.8. The average Bonchev–Trinajstić information content (AvgIpc) is 3.12. The molecule has 0 aliphatic carbocycles. The standard InChI is InChI=1S/C24H21FN4O2/c1-2-22(30)26-18-6-5-7-19(14-18)27-23(31)15-29-21-9-4-3-8-20(21)28-24(29)16-10-12-17(25)13-11-16/h3-14H,2,15H2,1H3,(H,26,30)(H,27,31). The molecule has 0 saturated heterocycles. The molecule has 0 bridgehead atoms. The summed E-state index contributed by atoms with van der Waals surface area (Å²) in [5.74, 6) is -0.0951. The van der Waals surface area contributed by atoms with Crippen molar-refractivity contribution in [3.63, 3.8) is 0 Å². The van der Waals surface area contributed by atoms with Gasteiger partial charge in [0.2, 0.25) is 11.8 Å². The van der Waals surface area contributed by atoms with Crippen molar-refractivity contribution in [2.75, 3.05) is 10.6 Å². The molecule has 0 fully saturated rings. The second-order valence-electron chi connectivity index (χ2n) is 7.05. The van der Waals surface area contributed by atoms with Crippen molar-refractivity contribution in [2.45, 2.75) is 19.9 Å². The monoisotopic (exact) mass is 416 g/mol. The van der Waals surface area contributed by atoms with Gasteiger partial charge in [0, 0.05) is 23.4 Å². The molecule has 31 heavy (non-hydrogen) atoms. The van der Waals surface area contributed by atoms with Crippen molar-refractivity contribution >= 4 is 34.2 Å². The van der Waals surface area contributed by atoms with Crippen molar-refractivity contribution in [2.24, 2.45) is 0 Å². The fraction of sp³-hybridized carbons (Fsp3) is 0.125. The number of nitrogens with one attached hydrogen (secondary N) is 2. The molecule has 0 radical (unpaired) electrons. The fourth-order valence-corrected chi connectivity index (χ4v) is 3.32. The minimum Gasteiger partial charge on any atom is -0.326 e. The maximum absolute atomic E-state index is 13.4. The number of fused-ring (bicyclic) bond motifs is 1. The number of benzene rings is 3. The molecular weight excluding hydrogens is 395 g/mol. The summed E-state index contributed by atoms with van der Waals surface area (Å²) in [5.41, 5.74) is 3.46. The van der Waals surface area contributed by atoms with E-state index in [9.17, 15) is 14.0 Å². The molecule has 0 aliphatic heterocycles. The first-order valence-corrected chi connectivity index (χ1v) is 9.94. The molecular formula is C24H21FN4O2. The second-order valence-corrected chi connectivity index (χ2v) is 7.05. The Hall–Kier alpha value is -4.00. The van der Waals surface area contributed by atoms with Crippen LogP contribution in [0.25, 0.3) is 22.4 Å². The van der Waals surface area contributed by atoms with Crippen molar-refractivity contribution < 1.29 is 14.0 Å². The van der Waals surface area contributed by atoms with Crippen LogP contribution in [0.1, 0.15) is 13.3 Å². The van der Waals surface area contributed by atoms with Gasteiger partial charge in [-0.05, 0) is 54.6 Å². The topological polar surface area (TPSA) is 76.0 Å². The Morgan fingerprint density at radius 2 is 1.58 bits per heavy atom. The van der Waals surface area contributed by atoms with Crippen LogP contribution in [0.4, 0.5) is 15.8 Å². The molecule has 0 saturated carbocycles. The number of hydrogen-bond acceptors (Lipinski definition) is 3. The molecule has 0 atom stereocenters. The molecule has 156 valence electrons. The number of amides is 2. The van der Waals surface area contributed by atoms with Gasteiger partial charge in [-0.25, -0.2) is 9.37 Å². The van der Waals surface area contributed by atoms with E-state index in [1.54, 1.807) is 47.9 Å². The molecule has 2 N–H and O–H groups in total. The van der Waals surface area contributed by atoms with Gasteiger partial charge in [-0.3, -0.25) is 9.59 Å². The Morgan fingerprint density at radius 1 is 0.903 bits per heavy atom. The Balaban J connectivity index is 1.60. The van der Waals surface area contributed by atoms with E-state index in [2.05, 4.69) is 15.6 Å². The predicted octanol–water partition coefficient (Wildman–Crippen LogP) is 4.83. The first-order chi connectivity index (χ1) is 15.0. The van der Waals surface area contributed by atoms with Crippen LogP contribution in [0.15, 0.2) is 72.8 Å². The van der Waals surface area contributed by atoms with Crippen LogP contribution < -0.4 is 10.6 Å². The zero-order valence-electron chi connectivity index (χ0n) is 16.9. The van der Waals surface area contributed by atoms with Crippen molar-refractivity contribution in [1.29, 1.82) is 0 Å². The summed E-state index contributed by atoms with van der Waals surface area (Å²) in [6, 6.07) is 20.5. The second kappa shape index (κ2) is 8.79. The zero-order valence-corrected chi connectivity index (χ0v) is 16.9. The minimum atomic E-state index is -0.334. The number of imidazole rings is 1. The van der Waals surface area contributed by atoms with Gasteiger partial charge in [-0.2, -0.15) is 0 Å². The number of hydrogen-bond donors (Lipinski definition) is 2. The Kier molecular flexibility index (Phi) is 5.75. The summed E-state index contributed by atoms with van der Waals surface area (Å²) < 4.78 is 15.2. The Bertz CT molecular complexity index is 1250. The SMILES string of the molecule is CCC(=O)Nc1cccc(NC(=O)Cn2c(-c3ccc(F)cc3)nc3ccccc32)c1. The third kappa shape index (κ3) is 4.61. The smallest absolute Gasteiger partial charge is 0.244 e. The van der Waals surface area contributed by atoms with Gasteiger partial charge in [0.25, 0.3) is 0 Å².